The van der Waals surface area contributed by atoms with Crippen molar-refractivity contribution in [3.05, 3.63) is 23.8 Å². The van der Waals surface area contributed by atoms with E-state index in [1.165, 1.54) is 18.2 Å². The lowest BCUT2D eigenvalue weighted by Gasteiger charge is -2.38. The Labute approximate surface area is 241 Å². The van der Waals surface area contributed by atoms with Crippen LogP contribution in [0.1, 0.15) is 12.0 Å². The number of anilines is 1. The van der Waals surface area contributed by atoms with Crippen LogP contribution in [0.15, 0.2) is 18.2 Å². The van der Waals surface area contributed by atoms with Crippen LogP contribution in [0.2, 0.25) is 0 Å². The fourth-order valence-corrected chi connectivity index (χ4v) is 3.69. The zero-order chi connectivity index (χ0) is 31.1. The van der Waals surface area contributed by atoms with Crippen LogP contribution < -0.4 is 21.1 Å². The van der Waals surface area contributed by atoms with E-state index in [1.54, 1.807) is 0 Å². The van der Waals surface area contributed by atoms with Gasteiger partial charge < -0.3 is 60.5 Å². The van der Waals surface area contributed by atoms with E-state index in [0.717, 1.165) is 0 Å². The minimum absolute atomic E-state index is 0.0684. The van der Waals surface area contributed by atoms with Crippen molar-refractivity contribution in [2.24, 2.45) is 5.73 Å². The number of nitrogens with one attached hydrogen (secondary N) is 2. The average Bonchev–Trinajstić information content (AvgIpc) is 2.96. The first kappa shape index (κ1) is 34.8. The highest BCUT2D eigenvalue weighted by molar-refractivity contribution is 5.97. The van der Waals surface area contributed by atoms with Crippen molar-refractivity contribution in [2.75, 3.05) is 51.5 Å². The molecule has 0 spiro atoms. The summed E-state index contributed by atoms with van der Waals surface area (Å²) in [6, 6.07) is 2.72. The van der Waals surface area contributed by atoms with Crippen LogP contribution in [0, 0.1) is 12.3 Å². The predicted octanol–water partition coefficient (Wildman–Crippen LogP) is -2.12. The monoisotopic (exact) mass is 601 g/mol. The first-order chi connectivity index (χ1) is 20.1. The van der Waals surface area contributed by atoms with E-state index in [2.05, 4.69) is 16.6 Å². The Morgan fingerprint density at radius 1 is 1.07 bits per heavy atom. The molecule has 1 aromatic carbocycles. The Kier molecular flexibility index (Phi) is 15.1. The number of hydrogen-bond donors (Lipinski definition) is 7. The topological polar surface area (TPSA) is 228 Å². The van der Waals surface area contributed by atoms with Crippen molar-refractivity contribution in [3.8, 4) is 18.1 Å². The highest BCUT2D eigenvalue weighted by Gasteiger charge is 2.48. The number of benzene rings is 1. The Morgan fingerprint density at radius 2 is 1.76 bits per heavy atom. The molecule has 8 N–H and O–H groups in total. The summed E-state index contributed by atoms with van der Waals surface area (Å²) in [5.74, 6) is -0.686. The van der Waals surface area contributed by atoms with Gasteiger partial charge in [-0.15, -0.1) is 6.42 Å². The highest BCUT2D eigenvalue weighted by atomic mass is 19.1. The van der Waals surface area contributed by atoms with E-state index in [1.807, 2.05) is 0 Å². The molecule has 42 heavy (non-hydrogen) atoms. The van der Waals surface area contributed by atoms with Gasteiger partial charge in [-0.1, -0.05) is 5.92 Å². The molecule has 1 saturated heterocycles. The molecule has 0 aliphatic carbocycles. The molecule has 2 rings (SSSR count). The van der Waals surface area contributed by atoms with E-state index in [-0.39, 0.29) is 56.4 Å². The number of amides is 2. The number of carbonyl (C=O) groups excluding carboxylic acids is 2. The van der Waals surface area contributed by atoms with Gasteiger partial charge in [-0.05, 0) is 31.2 Å². The highest BCUT2D eigenvalue weighted by Crippen LogP contribution is 2.29. The van der Waals surface area contributed by atoms with Crippen LogP contribution >= 0.6 is 0 Å². The fourth-order valence-electron chi connectivity index (χ4n) is 3.69. The third-order valence-corrected chi connectivity index (χ3v) is 5.80. The predicted molar refractivity (Wildman–Crippen MR) is 142 cm³/mol. The smallest absolute Gasteiger partial charge is 0.335 e. The molecule has 0 saturated carbocycles. The molecule has 6 atom stereocenters. The second-order valence-corrected chi connectivity index (χ2v) is 8.92. The minimum Gasteiger partial charge on any atom is -0.479 e. The molecule has 2 amide bonds. The van der Waals surface area contributed by atoms with Gasteiger partial charge in [0.15, 0.2) is 6.10 Å². The number of carboxylic acids is 1. The molecule has 1 aromatic rings. The van der Waals surface area contributed by atoms with E-state index in [4.69, 9.17) is 35.8 Å². The van der Waals surface area contributed by atoms with E-state index in [9.17, 15) is 39.2 Å². The second-order valence-electron chi connectivity index (χ2n) is 8.92. The van der Waals surface area contributed by atoms with Crippen molar-refractivity contribution in [3.63, 3.8) is 0 Å². The van der Waals surface area contributed by atoms with Gasteiger partial charge in [0, 0.05) is 11.3 Å². The molecular weight excluding hydrogens is 565 g/mol. The summed E-state index contributed by atoms with van der Waals surface area (Å²) in [7, 11) is 0. The van der Waals surface area contributed by atoms with Crippen LogP contribution in [0.25, 0.3) is 0 Å². The number of ether oxygens (including phenoxy) is 5. The fraction of sp³-hybridized carbons (Fsp3) is 0.577. The summed E-state index contributed by atoms with van der Waals surface area (Å²) in [6.07, 6.45) is -4.19. The number of aliphatic carboxylic acids is 1. The van der Waals surface area contributed by atoms with Crippen molar-refractivity contribution in [1.82, 2.24) is 5.32 Å². The number of nitrogens with two attached hydrogens (primary N) is 1. The van der Waals surface area contributed by atoms with Gasteiger partial charge in [0.1, 0.15) is 50.0 Å². The van der Waals surface area contributed by atoms with Crippen LogP contribution in [0.3, 0.4) is 0 Å². The van der Waals surface area contributed by atoms with Gasteiger partial charge >= 0.3 is 5.97 Å². The van der Waals surface area contributed by atoms with Crippen molar-refractivity contribution >= 4 is 23.5 Å². The SMILES string of the molecule is C#CCOCCOCCOCC(=O)NC(CCN)C(=O)Nc1ccc(OC2OC(C(=O)O)C(O)C(O)C2O)c(CF)c1. The second kappa shape index (κ2) is 18.2. The summed E-state index contributed by atoms with van der Waals surface area (Å²) >= 11 is 0. The average molecular weight is 602 g/mol. The van der Waals surface area contributed by atoms with Gasteiger partial charge in [-0.25, -0.2) is 9.18 Å². The maximum atomic E-state index is 13.8. The van der Waals surface area contributed by atoms with Gasteiger partial charge in [-0.2, -0.15) is 0 Å². The summed E-state index contributed by atoms with van der Waals surface area (Å²) in [5, 5.41) is 44.1. The normalized spacial score (nSPS) is 22.5. The maximum absolute atomic E-state index is 13.8. The largest absolute Gasteiger partial charge is 0.479 e. The van der Waals surface area contributed by atoms with E-state index in [0.29, 0.717) is 13.2 Å². The molecule has 1 fully saturated rings. The summed E-state index contributed by atoms with van der Waals surface area (Å²) < 4.78 is 39.8. The third-order valence-electron chi connectivity index (χ3n) is 5.80. The molecule has 0 bridgehead atoms. The third kappa shape index (κ3) is 10.8. The van der Waals surface area contributed by atoms with Crippen LogP contribution in [-0.4, -0.2) is 121 Å². The van der Waals surface area contributed by atoms with Crippen LogP contribution in [0.5, 0.6) is 5.75 Å². The molecule has 15 nitrogen and oxygen atoms in total. The Balaban J connectivity index is 1.92. The van der Waals surface area contributed by atoms with E-state index >= 15 is 0 Å². The molecule has 234 valence electrons. The molecule has 1 aliphatic heterocycles. The number of carbonyl (C=O) groups is 3. The number of terminal acetylenes is 1. The Bertz CT molecular complexity index is 1070. The number of rotatable bonds is 18. The number of aliphatic hydroxyl groups excluding tert-OH is 3. The van der Waals surface area contributed by atoms with Gasteiger partial charge in [0.2, 0.25) is 18.1 Å². The lowest BCUT2D eigenvalue weighted by atomic mass is 9.99. The van der Waals surface area contributed by atoms with Crippen molar-refractivity contribution in [2.45, 2.75) is 49.8 Å². The molecule has 1 heterocycles. The number of aliphatic hydroxyl groups is 3. The molecular formula is C26H36FN3O12. The summed E-state index contributed by atoms with van der Waals surface area (Å²) in [4.78, 5) is 36.4. The minimum atomic E-state index is -1.92. The first-order valence-corrected chi connectivity index (χ1v) is 12.9. The van der Waals surface area contributed by atoms with Crippen LogP contribution in [-0.2, 0) is 40.0 Å². The zero-order valence-corrected chi connectivity index (χ0v) is 22.6. The molecule has 0 radical (unpaired) electrons. The van der Waals surface area contributed by atoms with Crippen molar-refractivity contribution in [1.29, 1.82) is 0 Å². The Hall–Kier alpha value is -3.40. The van der Waals surface area contributed by atoms with E-state index < -0.39 is 61.2 Å². The summed E-state index contributed by atoms with van der Waals surface area (Å²) in [5.41, 5.74) is 5.59. The zero-order valence-electron chi connectivity index (χ0n) is 22.6. The number of alkyl halides is 1. The number of halogens is 1. The van der Waals surface area contributed by atoms with Gasteiger partial charge in [0.25, 0.3) is 0 Å². The Morgan fingerprint density at radius 3 is 2.40 bits per heavy atom. The lowest BCUT2D eigenvalue weighted by molar-refractivity contribution is -0.271. The standard InChI is InChI=1S/C26H36FN3O12/c1-2-7-38-8-9-39-10-11-40-14-19(31)30-17(5-6-28)24(35)29-16-3-4-18(15(12-16)13-27)41-26-22(34)20(32)21(33)23(42-26)25(36)37/h1,3-4,12,17,20-23,26,32-34H,5-11,13-14,28H2,(H,29,35)(H,30,31)(H,36,37). The number of carboxylic acid groups (broad SMARTS) is 1. The number of hydrogen-bond acceptors (Lipinski definition) is 12. The molecule has 16 heteroatoms. The quantitative estimate of drug-likeness (QED) is 0.0706. The van der Waals surface area contributed by atoms with Crippen molar-refractivity contribution < 1.29 is 62.9 Å². The molecule has 0 aromatic heterocycles. The maximum Gasteiger partial charge on any atom is 0.335 e. The summed E-state index contributed by atoms with van der Waals surface area (Å²) in [6.45, 7) is -0.223. The van der Waals surface area contributed by atoms with Gasteiger partial charge in [-0.3, -0.25) is 9.59 Å². The lowest BCUT2D eigenvalue weighted by Crippen LogP contribution is -2.61. The first-order valence-electron chi connectivity index (χ1n) is 12.9. The van der Waals surface area contributed by atoms with Gasteiger partial charge in [0.05, 0.1) is 26.4 Å². The molecule has 1 aliphatic rings. The molecule has 6 unspecified atom stereocenters. The van der Waals surface area contributed by atoms with Crippen LogP contribution in [0.4, 0.5) is 10.1 Å².